The monoisotopic (exact) mass is 410 g/mol. The lowest BCUT2D eigenvalue weighted by molar-refractivity contribution is -0.136. The second kappa shape index (κ2) is 9.35. The molecule has 2 aromatic carbocycles. The number of imide groups is 1. The lowest BCUT2D eigenvalue weighted by Crippen LogP contribution is -2.32. The van der Waals surface area contributed by atoms with Crippen molar-refractivity contribution in [3.63, 3.8) is 0 Å². The van der Waals surface area contributed by atoms with Gasteiger partial charge in [0.05, 0.1) is 26.4 Å². The summed E-state index contributed by atoms with van der Waals surface area (Å²) in [4.78, 5) is 27.1. The number of hydrogen-bond donors (Lipinski definition) is 1. The fourth-order valence-electron chi connectivity index (χ4n) is 3.21. The second-order valence-electron chi connectivity index (χ2n) is 6.70. The van der Waals surface area contributed by atoms with E-state index in [0.29, 0.717) is 34.9 Å². The van der Waals surface area contributed by atoms with Crippen molar-refractivity contribution in [2.24, 2.45) is 0 Å². The first-order valence-corrected chi connectivity index (χ1v) is 9.86. The van der Waals surface area contributed by atoms with Crippen LogP contribution < -0.4 is 19.5 Å². The highest BCUT2D eigenvalue weighted by molar-refractivity contribution is 6.36. The molecule has 7 heteroatoms. The molecular formula is C23H26N2O5. The zero-order chi connectivity index (χ0) is 21.7. The van der Waals surface area contributed by atoms with E-state index in [1.54, 1.807) is 63.6 Å². The van der Waals surface area contributed by atoms with Gasteiger partial charge < -0.3 is 19.5 Å². The summed E-state index contributed by atoms with van der Waals surface area (Å²) in [6, 6.07) is 12.4. The molecule has 1 aliphatic rings. The molecule has 1 heterocycles. The maximum absolute atomic E-state index is 13.0. The number of anilines is 1. The molecule has 0 bridgehead atoms. The number of likely N-dealkylation sites (N-methyl/N-ethyl adjacent to an activating group) is 1. The first-order chi connectivity index (χ1) is 14.5. The third-order valence-corrected chi connectivity index (χ3v) is 4.72. The van der Waals surface area contributed by atoms with Crippen molar-refractivity contribution in [1.29, 1.82) is 0 Å². The van der Waals surface area contributed by atoms with Crippen LogP contribution in [0.2, 0.25) is 0 Å². The Balaban J connectivity index is 2.02. The summed E-state index contributed by atoms with van der Waals surface area (Å²) in [5, 5.41) is 3.11. The highest BCUT2D eigenvalue weighted by Crippen LogP contribution is 2.33. The van der Waals surface area contributed by atoms with E-state index >= 15 is 0 Å². The fourth-order valence-corrected chi connectivity index (χ4v) is 3.21. The van der Waals surface area contributed by atoms with E-state index in [2.05, 4.69) is 5.32 Å². The Bertz CT molecular complexity index is 944. The van der Waals surface area contributed by atoms with Gasteiger partial charge in [0.15, 0.2) is 0 Å². The van der Waals surface area contributed by atoms with Crippen LogP contribution in [0, 0.1) is 0 Å². The molecule has 7 nitrogen and oxygen atoms in total. The number of amides is 2. The number of benzene rings is 2. The Morgan fingerprint density at radius 1 is 0.867 bits per heavy atom. The standard InChI is InChI=1S/C23H26N2O5/c1-5-11-30-17-9-7-15(8-10-17)20-21(23(27)25(6-2)22(20)26)24-16-12-18(28-3)14-19(13-16)29-4/h7-10,12-14,24H,5-6,11H2,1-4H3. The van der Waals surface area contributed by atoms with Crippen molar-refractivity contribution in [3.05, 3.63) is 53.7 Å². The quantitative estimate of drug-likeness (QED) is 0.635. The molecule has 0 saturated carbocycles. The minimum Gasteiger partial charge on any atom is -0.497 e. The van der Waals surface area contributed by atoms with Gasteiger partial charge in [-0.3, -0.25) is 14.5 Å². The molecule has 1 aliphatic heterocycles. The van der Waals surface area contributed by atoms with Crippen molar-refractivity contribution in [3.8, 4) is 17.2 Å². The zero-order valence-electron chi connectivity index (χ0n) is 17.7. The van der Waals surface area contributed by atoms with E-state index in [9.17, 15) is 9.59 Å². The predicted octanol–water partition coefficient (Wildman–Crippen LogP) is 3.70. The maximum Gasteiger partial charge on any atom is 0.278 e. The predicted molar refractivity (Wildman–Crippen MR) is 115 cm³/mol. The highest BCUT2D eigenvalue weighted by Gasteiger charge is 2.38. The number of nitrogens with one attached hydrogen (secondary N) is 1. The van der Waals surface area contributed by atoms with E-state index in [-0.39, 0.29) is 24.1 Å². The largest absolute Gasteiger partial charge is 0.497 e. The van der Waals surface area contributed by atoms with Crippen molar-refractivity contribution >= 4 is 23.1 Å². The smallest absolute Gasteiger partial charge is 0.278 e. The maximum atomic E-state index is 13.0. The summed E-state index contributed by atoms with van der Waals surface area (Å²) >= 11 is 0. The normalized spacial score (nSPS) is 13.7. The Kier molecular flexibility index (Phi) is 6.61. The number of carbonyl (C=O) groups is 2. The number of carbonyl (C=O) groups excluding carboxylic acids is 2. The van der Waals surface area contributed by atoms with E-state index in [1.807, 2.05) is 6.92 Å². The SMILES string of the molecule is CCCOc1ccc(C2=C(Nc3cc(OC)cc(OC)c3)C(=O)N(CC)C2=O)cc1. The molecule has 30 heavy (non-hydrogen) atoms. The Morgan fingerprint density at radius 2 is 1.50 bits per heavy atom. The summed E-state index contributed by atoms with van der Waals surface area (Å²) in [7, 11) is 3.10. The summed E-state index contributed by atoms with van der Waals surface area (Å²) in [6.07, 6.45) is 0.906. The van der Waals surface area contributed by atoms with Crippen molar-refractivity contribution in [2.45, 2.75) is 20.3 Å². The molecule has 158 valence electrons. The zero-order valence-corrected chi connectivity index (χ0v) is 17.7. The Labute approximate surface area is 176 Å². The van der Waals surface area contributed by atoms with Crippen LogP contribution in [0.3, 0.4) is 0 Å². The summed E-state index contributed by atoms with van der Waals surface area (Å²) in [5.41, 5.74) is 1.77. The second-order valence-corrected chi connectivity index (χ2v) is 6.70. The first kappa shape index (κ1) is 21.2. The van der Waals surface area contributed by atoms with Crippen LogP contribution in [0.5, 0.6) is 17.2 Å². The van der Waals surface area contributed by atoms with E-state index in [1.165, 1.54) is 4.90 Å². The van der Waals surface area contributed by atoms with Crippen LogP contribution >= 0.6 is 0 Å². The summed E-state index contributed by atoms with van der Waals surface area (Å²) < 4.78 is 16.2. The van der Waals surface area contributed by atoms with Crippen molar-refractivity contribution < 1.29 is 23.8 Å². The number of ether oxygens (including phenoxy) is 3. The topological polar surface area (TPSA) is 77.1 Å². The number of hydrogen-bond acceptors (Lipinski definition) is 6. The molecule has 0 aliphatic carbocycles. The van der Waals surface area contributed by atoms with Gasteiger partial charge >= 0.3 is 0 Å². The van der Waals surface area contributed by atoms with Crippen LogP contribution in [0.15, 0.2) is 48.2 Å². The lowest BCUT2D eigenvalue weighted by Gasteiger charge is -2.13. The third-order valence-electron chi connectivity index (χ3n) is 4.72. The Morgan fingerprint density at radius 3 is 2.03 bits per heavy atom. The van der Waals surface area contributed by atoms with Crippen LogP contribution in [0.25, 0.3) is 5.57 Å². The molecule has 0 fully saturated rings. The van der Waals surface area contributed by atoms with Gasteiger partial charge in [0.25, 0.3) is 11.8 Å². The van der Waals surface area contributed by atoms with E-state index < -0.39 is 0 Å². The molecule has 0 radical (unpaired) electrons. The average molecular weight is 410 g/mol. The van der Waals surface area contributed by atoms with Gasteiger partial charge in [0, 0.05) is 30.4 Å². The van der Waals surface area contributed by atoms with Gasteiger partial charge in [0.2, 0.25) is 0 Å². The van der Waals surface area contributed by atoms with Gasteiger partial charge in [-0.15, -0.1) is 0 Å². The molecule has 0 atom stereocenters. The van der Waals surface area contributed by atoms with Crippen molar-refractivity contribution in [1.82, 2.24) is 4.90 Å². The van der Waals surface area contributed by atoms with E-state index in [4.69, 9.17) is 14.2 Å². The molecular weight excluding hydrogens is 384 g/mol. The van der Waals surface area contributed by atoms with Crippen LogP contribution in [-0.4, -0.2) is 44.1 Å². The minimum atomic E-state index is -0.370. The molecule has 1 N–H and O–H groups in total. The fraction of sp³-hybridized carbons (Fsp3) is 0.304. The van der Waals surface area contributed by atoms with Gasteiger partial charge in [-0.05, 0) is 31.0 Å². The van der Waals surface area contributed by atoms with E-state index in [0.717, 1.165) is 12.2 Å². The molecule has 0 spiro atoms. The molecule has 0 unspecified atom stereocenters. The van der Waals surface area contributed by atoms with Crippen LogP contribution in [0.4, 0.5) is 5.69 Å². The van der Waals surface area contributed by atoms with Gasteiger partial charge in [0.1, 0.15) is 22.9 Å². The molecule has 2 aromatic rings. The van der Waals surface area contributed by atoms with Crippen LogP contribution in [-0.2, 0) is 9.59 Å². The average Bonchev–Trinajstić information content (AvgIpc) is 3.01. The van der Waals surface area contributed by atoms with Crippen molar-refractivity contribution in [2.75, 3.05) is 32.7 Å². The molecule has 0 saturated heterocycles. The number of methoxy groups -OCH3 is 2. The first-order valence-electron chi connectivity index (χ1n) is 9.86. The van der Waals surface area contributed by atoms with Gasteiger partial charge in [-0.25, -0.2) is 0 Å². The number of rotatable bonds is 9. The van der Waals surface area contributed by atoms with Gasteiger partial charge in [-0.2, -0.15) is 0 Å². The lowest BCUT2D eigenvalue weighted by atomic mass is 10.0. The molecule has 3 rings (SSSR count). The molecule has 0 aromatic heterocycles. The molecule has 2 amide bonds. The summed E-state index contributed by atoms with van der Waals surface area (Å²) in [6.45, 7) is 4.71. The number of nitrogens with zero attached hydrogens (tertiary/aromatic N) is 1. The summed E-state index contributed by atoms with van der Waals surface area (Å²) in [5.74, 6) is 1.16. The van der Waals surface area contributed by atoms with Gasteiger partial charge in [-0.1, -0.05) is 19.1 Å². The Hall–Kier alpha value is -3.48. The minimum absolute atomic E-state index is 0.222. The third kappa shape index (κ3) is 4.25. The van der Waals surface area contributed by atoms with Crippen LogP contribution in [0.1, 0.15) is 25.8 Å². The highest BCUT2D eigenvalue weighted by atomic mass is 16.5.